The standard InChI is InChI=1S/C16H25NO3/c1-4-5-9-15(19)17-10-14(18)11-20-16-12(2)7-6-8-13(16)3/h6-8,14,18H,4-5,9-11H2,1-3H3,(H,17,19). The van der Waals surface area contributed by atoms with E-state index in [1.165, 1.54) is 0 Å². The average molecular weight is 279 g/mol. The molecule has 4 nitrogen and oxygen atoms in total. The van der Waals surface area contributed by atoms with Gasteiger partial charge in [0.15, 0.2) is 0 Å². The van der Waals surface area contributed by atoms with Crippen molar-refractivity contribution in [2.24, 2.45) is 0 Å². The maximum atomic E-state index is 11.4. The number of amides is 1. The van der Waals surface area contributed by atoms with Crippen LogP contribution in [0.2, 0.25) is 0 Å². The minimum Gasteiger partial charge on any atom is -0.490 e. The molecule has 20 heavy (non-hydrogen) atoms. The van der Waals surface area contributed by atoms with Gasteiger partial charge in [-0.05, 0) is 31.4 Å². The summed E-state index contributed by atoms with van der Waals surface area (Å²) in [6, 6.07) is 5.92. The van der Waals surface area contributed by atoms with E-state index in [0.29, 0.717) is 6.42 Å². The third-order valence-electron chi connectivity index (χ3n) is 3.12. The van der Waals surface area contributed by atoms with E-state index in [4.69, 9.17) is 4.74 Å². The molecule has 1 rings (SSSR count). The quantitative estimate of drug-likeness (QED) is 0.768. The van der Waals surface area contributed by atoms with Crippen LogP contribution in [-0.2, 0) is 4.79 Å². The minimum absolute atomic E-state index is 0.0158. The molecule has 0 bridgehead atoms. The topological polar surface area (TPSA) is 58.6 Å². The highest BCUT2D eigenvalue weighted by molar-refractivity contribution is 5.75. The van der Waals surface area contributed by atoms with Crippen LogP contribution in [0.1, 0.15) is 37.3 Å². The van der Waals surface area contributed by atoms with Crippen molar-refractivity contribution >= 4 is 5.91 Å². The van der Waals surface area contributed by atoms with Gasteiger partial charge in [-0.1, -0.05) is 31.5 Å². The first-order valence-corrected chi connectivity index (χ1v) is 7.18. The van der Waals surface area contributed by atoms with Gasteiger partial charge in [-0.2, -0.15) is 0 Å². The molecular formula is C16H25NO3. The summed E-state index contributed by atoms with van der Waals surface area (Å²) in [5.74, 6) is 0.793. The van der Waals surface area contributed by atoms with Gasteiger partial charge in [0.05, 0.1) is 0 Å². The SMILES string of the molecule is CCCCC(=O)NCC(O)COc1c(C)cccc1C. The van der Waals surface area contributed by atoms with Crippen molar-refractivity contribution in [2.45, 2.75) is 46.1 Å². The number of carbonyl (C=O) groups excluding carboxylic acids is 1. The van der Waals surface area contributed by atoms with E-state index in [0.717, 1.165) is 29.7 Å². The van der Waals surface area contributed by atoms with E-state index in [1.54, 1.807) is 0 Å². The van der Waals surface area contributed by atoms with Gasteiger partial charge in [0.1, 0.15) is 18.5 Å². The van der Waals surface area contributed by atoms with Crippen molar-refractivity contribution in [1.29, 1.82) is 0 Å². The maximum absolute atomic E-state index is 11.4. The molecule has 1 atom stereocenters. The molecule has 0 fully saturated rings. The lowest BCUT2D eigenvalue weighted by atomic mass is 10.1. The summed E-state index contributed by atoms with van der Waals surface area (Å²) in [6.45, 7) is 6.40. The molecule has 0 radical (unpaired) electrons. The lowest BCUT2D eigenvalue weighted by Gasteiger charge is -2.16. The fraction of sp³-hybridized carbons (Fsp3) is 0.562. The third kappa shape index (κ3) is 5.61. The predicted octanol–water partition coefficient (Wildman–Crippen LogP) is 2.35. The number of carbonyl (C=O) groups is 1. The van der Waals surface area contributed by atoms with E-state index < -0.39 is 6.10 Å². The lowest BCUT2D eigenvalue weighted by molar-refractivity contribution is -0.121. The summed E-state index contributed by atoms with van der Waals surface area (Å²) >= 11 is 0. The van der Waals surface area contributed by atoms with Crippen molar-refractivity contribution in [3.05, 3.63) is 29.3 Å². The highest BCUT2D eigenvalue weighted by atomic mass is 16.5. The van der Waals surface area contributed by atoms with Crippen molar-refractivity contribution in [3.63, 3.8) is 0 Å². The molecule has 0 saturated heterocycles. The van der Waals surface area contributed by atoms with E-state index in [1.807, 2.05) is 39.0 Å². The number of hydrogen-bond donors (Lipinski definition) is 2. The first kappa shape index (κ1) is 16.5. The van der Waals surface area contributed by atoms with Gasteiger partial charge in [-0.3, -0.25) is 4.79 Å². The van der Waals surface area contributed by atoms with Crippen LogP contribution < -0.4 is 10.1 Å². The Kier molecular flexibility index (Phi) is 7.09. The number of para-hydroxylation sites is 1. The van der Waals surface area contributed by atoms with Crippen LogP contribution in [0.4, 0.5) is 0 Å². The zero-order chi connectivity index (χ0) is 15.0. The van der Waals surface area contributed by atoms with Gasteiger partial charge in [-0.25, -0.2) is 0 Å². The zero-order valence-corrected chi connectivity index (χ0v) is 12.6. The van der Waals surface area contributed by atoms with Crippen LogP contribution in [0.15, 0.2) is 18.2 Å². The monoisotopic (exact) mass is 279 g/mol. The molecular weight excluding hydrogens is 254 g/mol. The van der Waals surface area contributed by atoms with E-state index in [-0.39, 0.29) is 19.1 Å². The number of unbranched alkanes of at least 4 members (excludes halogenated alkanes) is 1. The Balaban J connectivity index is 2.33. The third-order valence-corrected chi connectivity index (χ3v) is 3.12. The number of hydrogen-bond acceptors (Lipinski definition) is 3. The van der Waals surface area contributed by atoms with Gasteiger partial charge in [0.25, 0.3) is 0 Å². The van der Waals surface area contributed by atoms with E-state index in [2.05, 4.69) is 5.32 Å². The van der Waals surface area contributed by atoms with Crippen LogP contribution in [-0.4, -0.2) is 30.3 Å². The van der Waals surface area contributed by atoms with Crippen molar-refractivity contribution in [3.8, 4) is 5.75 Å². The smallest absolute Gasteiger partial charge is 0.220 e. The van der Waals surface area contributed by atoms with E-state index >= 15 is 0 Å². The van der Waals surface area contributed by atoms with Crippen LogP contribution in [0.25, 0.3) is 0 Å². The Hall–Kier alpha value is -1.55. The molecule has 0 spiro atoms. The second-order valence-electron chi connectivity index (χ2n) is 5.09. The molecule has 1 amide bonds. The van der Waals surface area contributed by atoms with Crippen molar-refractivity contribution < 1.29 is 14.6 Å². The molecule has 1 aromatic carbocycles. The molecule has 4 heteroatoms. The van der Waals surface area contributed by atoms with Gasteiger partial charge < -0.3 is 15.2 Å². The van der Waals surface area contributed by atoms with Crippen LogP contribution in [0.5, 0.6) is 5.75 Å². The first-order valence-electron chi connectivity index (χ1n) is 7.18. The molecule has 1 aromatic rings. The van der Waals surface area contributed by atoms with Crippen LogP contribution in [0, 0.1) is 13.8 Å². The Labute approximate surface area is 121 Å². The summed E-state index contributed by atoms with van der Waals surface area (Å²) in [5, 5.41) is 12.5. The Morgan fingerprint density at radius 2 is 2.00 bits per heavy atom. The number of nitrogens with one attached hydrogen (secondary N) is 1. The fourth-order valence-corrected chi connectivity index (χ4v) is 1.92. The molecule has 0 aliphatic rings. The summed E-state index contributed by atoms with van der Waals surface area (Å²) < 4.78 is 5.64. The van der Waals surface area contributed by atoms with Crippen LogP contribution >= 0.6 is 0 Å². The number of aryl methyl sites for hydroxylation is 2. The summed E-state index contributed by atoms with van der Waals surface area (Å²) in [5.41, 5.74) is 2.09. The van der Waals surface area contributed by atoms with Gasteiger partial charge in [-0.15, -0.1) is 0 Å². The second kappa shape index (κ2) is 8.59. The normalized spacial score (nSPS) is 12.0. The number of ether oxygens (including phenoxy) is 1. The van der Waals surface area contributed by atoms with E-state index in [9.17, 15) is 9.90 Å². The second-order valence-corrected chi connectivity index (χ2v) is 5.09. The number of aliphatic hydroxyl groups excluding tert-OH is 1. The summed E-state index contributed by atoms with van der Waals surface area (Å²) in [4.78, 5) is 11.4. The molecule has 2 N–H and O–H groups in total. The zero-order valence-electron chi connectivity index (χ0n) is 12.6. The fourth-order valence-electron chi connectivity index (χ4n) is 1.92. The highest BCUT2D eigenvalue weighted by Crippen LogP contribution is 2.22. The molecule has 0 aromatic heterocycles. The summed E-state index contributed by atoms with van der Waals surface area (Å²) in [6.07, 6.45) is 1.69. The molecule has 112 valence electrons. The first-order chi connectivity index (χ1) is 9.54. The minimum atomic E-state index is -0.695. The predicted molar refractivity (Wildman–Crippen MR) is 80.0 cm³/mol. The molecule has 0 heterocycles. The van der Waals surface area contributed by atoms with Gasteiger partial charge >= 0.3 is 0 Å². The largest absolute Gasteiger partial charge is 0.490 e. The Morgan fingerprint density at radius 3 is 2.60 bits per heavy atom. The molecule has 0 saturated carbocycles. The molecule has 1 unspecified atom stereocenters. The molecule has 0 aliphatic heterocycles. The van der Waals surface area contributed by atoms with Crippen molar-refractivity contribution in [1.82, 2.24) is 5.32 Å². The number of benzene rings is 1. The lowest BCUT2D eigenvalue weighted by Crippen LogP contribution is -2.35. The van der Waals surface area contributed by atoms with Crippen LogP contribution in [0.3, 0.4) is 0 Å². The van der Waals surface area contributed by atoms with Gasteiger partial charge in [0, 0.05) is 13.0 Å². The number of rotatable bonds is 8. The number of aliphatic hydroxyl groups is 1. The van der Waals surface area contributed by atoms with Crippen molar-refractivity contribution in [2.75, 3.05) is 13.2 Å². The average Bonchev–Trinajstić information content (AvgIpc) is 2.42. The van der Waals surface area contributed by atoms with Gasteiger partial charge in [0.2, 0.25) is 5.91 Å². The Bertz CT molecular complexity index is 411. The highest BCUT2D eigenvalue weighted by Gasteiger charge is 2.10. The Morgan fingerprint density at radius 1 is 1.35 bits per heavy atom. The maximum Gasteiger partial charge on any atom is 0.220 e. The molecule has 0 aliphatic carbocycles. The summed E-state index contributed by atoms with van der Waals surface area (Å²) in [7, 11) is 0.